The van der Waals surface area contributed by atoms with Crippen molar-refractivity contribution in [1.29, 1.82) is 0 Å². The maximum Gasteiger partial charge on any atom is 0.143 e. The van der Waals surface area contributed by atoms with Crippen molar-refractivity contribution in [3.63, 3.8) is 0 Å². The average Bonchev–Trinajstić information content (AvgIpc) is 1.55. The standard InChI is InChI=1S/2C29H20N5.2C28H19N6.4Pt/c2*1-33-19-34(28-26(33)14-7-16-30-28)21-9-6-8-20(18-21)29(27-15-17-31-32-27)24-12-4-2-10-22(24)23-11-3-5-13-25(23)29;2*1-33-18-34(27-26(33)29-15-16-30-27)20-8-6-7-19(17-20)28(25-13-14-31-32-25)23-11-4-2-9-21(23)22-10-3-5-12-24(22)28;;;;/h2*2-17,19H,1H3;2*2-16,18H,1H3;;;;/q4*-3;;;;/i1D3;;1D3;;;;;. The molecule has 0 spiro atoms. The quantitative estimate of drug-likeness (QED) is 0.104. The molecular weight excluding hydrogens is 2460 g/mol. The van der Waals surface area contributed by atoms with Crippen LogP contribution >= 0.6 is 0 Å². The monoisotopic (exact) mass is 2540 g/mol. The van der Waals surface area contributed by atoms with Gasteiger partial charge in [-0.25, -0.2) is 29.9 Å². The first-order valence-corrected chi connectivity index (χ1v) is 44.4. The van der Waals surface area contributed by atoms with Crippen molar-refractivity contribution in [2.75, 3.05) is 67.2 Å². The second kappa shape index (κ2) is 37.1. The van der Waals surface area contributed by atoms with Crippen LogP contribution in [0.2, 0.25) is 0 Å². The van der Waals surface area contributed by atoms with Gasteiger partial charge in [-0.3, -0.25) is 0 Å². The molecule has 140 heavy (non-hydrogen) atoms. The Morgan fingerprint density at radius 2 is 0.471 bits per heavy atom. The van der Waals surface area contributed by atoms with Crippen LogP contribution in [-0.2, 0) is 106 Å². The molecule has 20 aromatic rings. The number of anilines is 12. The molecular formula is C114H78N22Pt4-12. The Balaban J connectivity index is 0.000000113. The van der Waals surface area contributed by atoms with E-state index >= 15 is 0 Å². The summed E-state index contributed by atoms with van der Waals surface area (Å²) in [6.07, 6.45) is 16.9. The third-order valence-corrected chi connectivity index (χ3v) is 27.0. The van der Waals surface area contributed by atoms with Crippen molar-refractivity contribution >= 4 is 69.0 Å². The van der Waals surface area contributed by atoms with Crippen LogP contribution in [0.3, 0.4) is 0 Å². The molecule has 28 rings (SSSR count). The van der Waals surface area contributed by atoms with Gasteiger partial charge in [0, 0.05) is 164 Å². The number of fused-ring (bicyclic) bond motifs is 16. The molecule has 0 atom stereocenters. The van der Waals surface area contributed by atoms with E-state index in [4.69, 9.17) is 8.22 Å². The van der Waals surface area contributed by atoms with Crippen molar-refractivity contribution in [2.45, 2.75) is 21.7 Å². The number of hydrogen-bond acceptors (Lipinski definition) is 18. The molecule has 8 aliphatic rings. The van der Waals surface area contributed by atoms with Gasteiger partial charge in [0.1, 0.15) is 34.9 Å². The first-order chi connectivity index (χ1) is 69.5. The van der Waals surface area contributed by atoms with Crippen LogP contribution in [0, 0.1) is 50.9 Å². The van der Waals surface area contributed by atoms with E-state index in [-0.39, 0.29) is 90.1 Å². The third kappa shape index (κ3) is 14.1. The Labute approximate surface area is 876 Å². The summed E-state index contributed by atoms with van der Waals surface area (Å²) in [4.78, 5) is 41.1. The Morgan fingerprint density at radius 3 is 0.750 bits per heavy atom. The van der Waals surface area contributed by atoms with Crippen molar-refractivity contribution < 1.29 is 92.5 Å². The number of pyridine rings is 2. The van der Waals surface area contributed by atoms with E-state index in [2.05, 4.69) is 299 Å². The minimum Gasteiger partial charge on any atom is -0.581 e. The van der Waals surface area contributed by atoms with Gasteiger partial charge in [-0.15, -0.1) is 58.3 Å². The minimum absolute atomic E-state index is 0. The summed E-state index contributed by atoms with van der Waals surface area (Å²) < 4.78 is 48.0. The summed E-state index contributed by atoms with van der Waals surface area (Å²) in [5, 5.41) is 35.1. The van der Waals surface area contributed by atoms with E-state index < -0.39 is 35.6 Å². The predicted molar refractivity (Wildman–Crippen MR) is 527 cm³/mol. The van der Waals surface area contributed by atoms with Crippen LogP contribution in [0.4, 0.5) is 69.0 Å². The van der Waals surface area contributed by atoms with Gasteiger partial charge in [-0.1, -0.05) is 218 Å². The molecule has 12 heterocycles. The fraction of sp³-hybridized carbons (Fsp3) is 0.0702. The summed E-state index contributed by atoms with van der Waals surface area (Å²) >= 11 is 0. The van der Waals surface area contributed by atoms with Crippen LogP contribution in [0.1, 0.15) is 97.8 Å². The topological polar surface area (TPSA) is 211 Å². The molecule has 0 saturated carbocycles. The Hall–Kier alpha value is -14.9. The molecule has 4 aliphatic carbocycles. The van der Waals surface area contributed by atoms with Gasteiger partial charge in [0.05, 0.1) is 21.7 Å². The maximum absolute atomic E-state index is 8.03. The van der Waals surface area contributed by atoms with Crippen LogP contribution in [0.15, 0.2) is 377 Å². The first-order valence-electron chi connectivity index (χ1n) is 47.4. The fourth-order valence-electron chi connectivity index (χ4n) is 21.5. The molecule has 26 heteroatoms. The molecule has 0 unspecified atom stereocenters. The van der Waals surface area contributed by atoms with Crippen LogP contribution < -0.4 is 59.6 Å². The molecule has 0 radical (unpaired) electrons. The second-order valence-corrected chi connectivity index (χ2v) is 33.8. The number of nitrogens with zero attached hydrogens (tertiary/aromatic N) is 22. The van der Waals surface area contributed by atoms with Gasteiger partial charge in [0.25, 0.3) is 0 Å². The van der Waals surface area contributed by atoms with Crippen molar-refractivity contribution in [3.8, 4) is 44.5 Å². The minimum atomic E-state index is -2.41. The average molecular weight is 2540 g/mol. The third-order valence-electron chi connectivity index (χ3n) is 27.0. The fourth-order valence-corrected chi connectivity index (χ4v) is 21.5. The van der Waals surface area contributed by atoms with E-state index in [0.717, 1.165) is 129 Å². The molecule has 0 bridgehead atoms. The van der Waals surface area contributed by atoms with E-state index in [1.54, 1.807) is 78.2 Å². The van der Waals surface area contributed by atoms with Gasteiger partial charge < -0.3 is 80.0 Å². The molecule has 0 amide bonds. The SMILES string of the molecule is CN1[CH-]N(c2[c-]c(C3(c4cc[n-]n4)c4ccccc4-c4ccccc43)ccc2)c2ncccc21.CN1[CH-]N(c2[c-]c(C3(c4cc[n-]n4)c4ccccc4-c4ccccc43)ccc2)c2nccnc21.[2H]C([2H])([2H])N1[CH-]N(c2[c-]c(C3(c4cc[n-]n4)c4ccccc4-c4ccccc43)ccc2)c2ncccc21.[2H]C([2H])([2H])N1[CH-]N(c2[c-]c(C3(c4cc[n-]n4)c4ccccc4-c4ccccc43)ccc2)c2nccnc21.[Pt].[Pt].[Pt].[Pt]. The zero-order valence-corrected chi connectivity index (χ0v) is 83.3. The van der Waals surface area contributed by atoms with E-state index in [1.165, 1.54) is 62.3 Å². The number of rotatable bonds is 12. The van der Waals surface area contributed by atoms with Crippen molar-refractivity contribution in [3.05, 3.63) is 518 Å². The molecule has 4 aliphatic heterocycles. The summed E-state index contributed by atoms with van der Waals surface area (Å²) in [7, 11) is 4.01. The summed E-state index contributed by atoms with van der Waals surface area (Å²) in [6, 6.07) is 122. The summed E-state index contributed by atoms with van der Waals surface area (Å²) in [5.74, 6) is 3.74. The number of benzene rings is 12. The molecule has 22 nitrogen and oxygen atoms in total. The number of aromatic nitrogens is 14. The number of hydrogen-bond donors (Lipinski definition) is 0. The summed E-state index contributed by atoms with van der Waals surface area (Å²) in [6.45, 7) is 2.38. The van der Waals surface area contributed by atoms with E-state index in [9.17, 15) is 0 Å². The van der Waals surface area contributed by atoms with Crippen LogP contribution in [0.25, 0.3) is 44.5 Å². The van der Waals surface area contributed by atoms with Crippen LogP contribution in [0.5, 0.6) is 0 Å². The molecule has 8 aromatic heterocycles. The molecule has 0 fully saturated rings. The summed E-state index contributed by atoms with van der Waals surface area (Å²) in [5.41, 5.74) is 27.9. The van der Waals surface area contributed by atoms with Gasteiger partial charge >= 0.3 is 0 Å². The molecule has 696 valence electrons. The normalized spacial score (nSPS) is 15.6. The van der Waals surface area contributed by atoms with Gasteiger partial charge in [0.2, 0.25) is 0 Å². The Morgan fingerprint density at radius 1 is 0.236 bits per heavy atom. The molecule has 12 aromatic carbocycles. The smallest absolute Gasteiger partial charge is 0.143 e. The first kappa shape index (κ1) is 84.4. The molecule has 0 saturated heterocycles. The molecule has 0 N–H and O–H groups in total. The predicted octanol–water partition coefficient (Wildman–Crippen LogP) is 20.0. The van der Waals surface area contributed by atoms with E-state index in [0.29, 0.717) is 28.7 Å². The van der Waals surface area contributed by atoms with Crippen molar-refractivity contribution in [1.82, 2.24) is 70.7 Å². The maximum atomic E-state index is 8.03. The van der Waals surface area contributed by atoms with Crippen LogP contribution in [-0.4, -0.2) is 78.3 Å². The van der Waals surface area contributed by atoms with Gasteiger partial charge in [-0.2, -0.15) is 135 Å². The zero-order chi connectivity index (χ0) is 95.8. The largest absolute Gasteiger partial charge is 0.581 e. The van der Waals surface area contributed by atoms with E-state index in [1.807, 2.05) is 152 Å². The second-order valence-electron chi connectivity index (χ2n) is 33.8. The van der Waals surface area contributed by atoms with Crippen molar-refractivity contribution in [2.24, 2.45) is 0 Å². The zero-order valence-electron chi connectivity index (χ0n) is 80.2. The van der Waals surface area contributed by atoms with Gasteiger partial charge in [-0.05, 0) is 141 Å². The Bertz CT molecular complexity index is 7580. The van der Waals surface area contributed by atoms with Gasteiger partial charge in [0.15, 0.2) is 0 Å². The Kier molecular flexibility index (Phi) is 22.4.